The van der Waals surface area contributed by atoms with Crippen LogP contribution in [0.4, 0.5) is 0 Å². The van der Waals surface area contributed by atoms with Gasteiger partial charge in [0, 0.05) is 31.1 Å². The van der Waals surface area contributed by atoms with Crippen LogP contribution in [0, 0.1) is 5.92 Å². The van der Waals surface area contributed by atoms with E-state index < -0.39 is 10.0 Å². The Labute approximate surface area is 150 Å². The summed E-state index contributed by atoms with van der Waals surface area (Å²) in [6, 6.07) is 4.26. The summed E-state index contributed by atoms with van der Waals surface area (Å²) in [6.45, 7) is 6.20. The van der Waals surface area contributed by atoms with E-state index in [9.17, 15) is 13.2 Å². The van der Waals surface area contributed by atoms with E-state index in [-0.39, 0.29) is 29.9 Å². The highest BCUT2D eigenvalue weighted by atomic mass is 32.2. The van der Waals surface area contributed by atoms with Crippen molar-refractivity contribution in [1.82, 2.24) is 10.0 Å². The van der Waals surface area contributed by atoms with E-state index in [0.29, 0.717) is 30.1 Å². The van der Waals surface area contributed by atoms with E-state index in [1.165, 1.54) is 19.2 Å². The Bertz CT molecular complexity index is 674. The number of hydrogen-bond acceptors (Lipinski definition) is 5. The topological polar surface area (TPSA) is 111 Å². The summed E-state index contributed by atoms with van der Waals surface area (Å²) in [5.41, 5.74) is 6.28. The lowest BCUT2D eigenvalue weighted by molar-refractivity contribution is -0.120. The van der Waals surface area contributed by atoms with Crippen LogP contribution in [-0.4, -0.2) is 34.0 Å². The molecule has 0 saturated carbocycles. The molecule has 0 heterocycles. The van der Waals surface area contributed by atoms with E-state index in [1.807, 2.05) is 13.8 Å². The largest absolute Gasteiger partial charge is 0.496 e. The second-order valence-electron chi connectivity index (χ2n) is 6.29. The van der Waals surface area contributed by atoms with Crippen molar-refractivity contribution in [1.29, 1.82) is 0 Å². The van der Waals surface area contributed by atoms with Gasteiger partial charge in [0.2, 0.25) is 15.9 Å². The van der Waals surface area contributed by atoms with Crippen molar-refractivity contribution in [3.63, 3.8) is 0 Å². The summed E-state index contributed by atoms with van der Waals surface area (Å²) < 4.78 is 33.2. The lowest BCUT2D eigenvalue weighted by Crippen LogP contribution is -2.41. The zero-order valence-corrected chi connectivity index (χ0v) is 16.2. The highest BCUT2D eigenvalue weighted by Crippen LogP contribution is 2.23. The van der Waals surface area contributed by atoms with E-state index in [0.717, 1.165) is 0 Å². The molecule has 1 atom stereocenters. The smallest absolute Gasteiger partial charge is 0.240 e. The number of rotatable bonds is 10. The van der Waals surface area contributed by atoms with Crippen LogP contribution in [0.15, 0.2) is 23.1 Å². The molecule has 0 radical (unpaired) electrons. The van der Waals surface area contributed by atoms with Crippen molar-refractivity contribution < 1.29 is 17.9 Å². The molecule has 1 rings (SSSR count). The molecule has 1 unspecified atom stereocenters. The SMILES string of the molecule is CCC(=O)NCc1cc(S(=O)(=O)NC(CN)CC(C)C)ccc1OC. The molecule has 1 amide bonds. The second kappa shape index (κ2) is 9.74. The fraction of sp³-hybridized carbons (Fsp3) is 0.588. The summed E-state index contributed by atoms with van der Waals surface area (Å²) in [5, 5.41) is 2.73. The molecule has 0 bridgehead atoms. The standard InChI is InChI=1S/C17H29N3O4S/c1-5-17(21)19-11-13-9-15(6-7-16(13)24-4)25(22,23)20-14(10-18)8-12(2)3/h6-7,9,12,14,20H,5,8,10-11,18H2,1-4H3,(H,19,21). The van der Waals surface area contributed by atoms with Crippen LogP contribution < -0.4 is 20.5 Å². The predicted molar refractivity (Wildman–Crippen MR) is 97.8 cm³/mol. The Morgan fingerprint density at radius 3 is 2.52 bits per heavy atom. The van der Waals surface area contributed by atoms with Crippen LogP contribution >= 0.6 is 0 Å². The van der Waals surface area contributed by atoms with Crippen molar-refractivity contribution in [2.24, 2.45) is 11.7 Å². The number of amides is 1. The van der Waals surface area contributed by atoms with Gasteiger partial charge in [-0.1, -0.05) is 20.8 Å². The van der Waals surface area contributed by atoms with Gasteiger partial charge in [0.1, 0.15) is 5.75 Å². The fourth-order valence-corrected chi connectivity index (χ4v) is 3.74. The zero-order chi connectivity index (χ0) is 19.0. The lowest BCUT2D eigenvalue weighted by Gasteiger charge is -2.19. The third-order valence-electron chi connectivity index (χ3n) is 3.72. The Kier molecular flexibility index (Phi) is 8.34. The Hall–Kier alpha value is -1.64. The summed E-state index contributed by atoms with van der Waals surface area (Å²) in [5.74, 6) is 0.730. The zero-order valence-electron chi connectivity index (χ0n) is 15.3. The molecule has 0 aliphatic carbocycles. The monoisotopic (exact) mass is 371 g/mol. The quantitative estimate of drug-likeness (QED) is 0.575. The van der Waals surface area contributed by atoms with Gasteiger partial charge in [0.15, 0.2) is 0 Å². The molecule has 0 aliphatic heterocycles. The first-order valence-electron chi connectivity index (χ1n) is 8.39. The molecule has 0 spiro atoms. The second-order valence-corrected chi connectivity index (χ2v) is 8.00. The van der Waals surface area contributed by atoms with Gasteiger partial charge in [-0.25, -0.2) is 13.1 Å². The molecule has 4 N–H and O–H groups in total. The van der Waals surface area contributed by atoms with Crippen LogP contribution in [0.25, 0.3) is 0 Å². The van der Waals surface area contributed by atoms with E-state index in [4.69, 9.17) is 10.5 Å². The van der Waals surface area contributed by atoms with Crippen LogP contribution in [0.3, 0.4) is 0 Å². The van der Waals surface area contributed by atoms with Crippen molar-refractivity contribution in [3.05, 3.63) is 23.8 Å². The van der Waals surface area contributed by atoms with E-state index in [1.54, 1.807) is 13.0 Å². The average Bonchev–Trinajstić information content (AvgIpc) is 2.57. The first kappa shape index (κ1) is 21.4. The molecule has 0 aromatic heterocycles. The molecule has 8 heteroatoms. The number of hydrogen-bond donors (Lipinski definition) is 3. The predicted octanol–water partition coefficient (Wildman–Crippen LogP) is 1.37. The average molecular weight is 372 g/mol. The van der Waals surface area contributed by atoms with Crippen LogP contribution in [-0.2, 0) is 21.4 Å². The third kappa shape index (κ3) is 6.64. The molecule has 0 aliphatic rings. The van der Waals surface area contributed by atoms with Gasteiger partial charge in [-0.15, -0.1) is 0 Å². The summed E-state index contributed by atoms with van der Waals surface area (Å²) in [7, 11) is -2.21. The molecule has 142 valence electrons. The number of nitrogens with two attached hydrogens (primary N) is 1. The fourth-order valence-electron chi connectivity index (χ4n) is 2.43. The number of nitrogens with one attached hydrogen (secondary N) is 2. The number of carbonyl (C=O) groups is 1. The van der Waals surface area contributed by atoms with E-state index in [2.05, 4.69) is 10.0 Å². The van der Waals surface area contributed by atoms with Gasteiger partial charge in [0.05, 0.1) is 12.0 Å². The van der Waals surface area contributed by atoms with Crippen molar-refractivity contribution in [3.8, 4) is 5.75 Å². The first-order valence-corrected chi connectivity index (χ1v) is 9.87. The normalized spacial score (nSPS) is 12.9. The van der Waals surface area contributed by atoms with E-state index >= 15 is 0 Å². The van der Waals surface area contributed by atoms with Gasteiger partial charge in [-0.3, -0.25) is 4.79 Å². The lowest BCUT2D eigenvalue weighted by atomic mass is 10.1. The third-order valence-corrected chi connectivity index (χ3v) is 5.24. The first-order chi connectivity index (χ1) is 11.7. The number of ether oxygens (including phenoxy) is 1. The maximum Gasteiger partial charge on any atom is 0.240 e. The summed E-state index contributed by atoms with van der Waals surface area (Å²) in [6.07, 6.45) is 1.01. The van der Waals surface area contributed by atoms with Crippen molar-refractivity contribution in [2.45, 2.75) is 51.1 Å². The number of carbonyl (C=O) groups excluding carboxylic acids is 1. The number of benzene rings is 1. The summed E-state index contributed by atoms with van der Waals surface area (Å²) in [4.78, 5) is 11.6. The maximum absolute atomic E-state index is 12.6. The number of sulfonamides is 1. The molecule has 0 fully saturated rings. The van der Waals surface area contributed by atoms with Gasteiger partial charge >= 0.3 is 0 Å². The Balaban J connectivity index is 3.04. The molecule has 0 saturated heterocycles. The Morgan fingerprint density at radius 1 is 1.32 bits per heavy atom. The molecule has 1 aromatic carbocycles. The molecular weight excluding hydrogens is 342 g/mol. The Morgan fingerprint density at radius 2 is 2.00 bits per heavy atom. The van der Waals surface area contributed by atoms with Crippen LogP contribution in [0.5, 0.6) is 5.75 Å². The van der Waals surface area contributed by atoms with Crippen LogP contribution in [0.2, 0.25) is 0 Å². The molecule has 25 heavy (non-hydrogen) atoms. The molecular formula is C17H29N3O4S. The minimum Gasteiger partial charge on any atom is -0.496 e. The minimum absolute atomic E-state index is 0.117. The molecule has 1 aromatic rings. The van der Waals surface area contributed by atoms with Crippen molar-refractivity contribution in [2.75, 3.05) is 13.7 Å². The van der Waals surface area contributed by atoms with Gasteiger partial charge in [-0.2, -0.15) is 0 Å². The van der Waals surface area contributed by atoms with Crippen LogP contribution in [0.1, 0.15) is 39.2 Å². The van der Waals surface area contributed by atoms with Gasteiger partial charge < -0.3 is 15.8 Å². The summed E-state index contributed by atoms with van der Waals surface area (Å²) >= 11 is 0. The highest BCUT2D eigenvalue weighted by Gasteiger charge is 2.21. The maximum atomic E-state index is 12.6. The van der Waals surface area contributed by atoms with Crippen molar-refractivity contribution >= 4 is 15.9 Å². The highest BCUT2D eigenvalue weighted by molar-refractivity contribution is 7.89. The van der Waals surface area contributed by atoms with Gasteiger partial charge in [0.25, 0.3) is 0 Å². The molecule has 7 nitrogen and oxygen atoms in total. The minimum atomic E-state index is -3.71. The van der Waals surface area contributed by atoms with Gasteiger partial charge in [-0.05, 0) is 30.5 Å². The number of methoxy groups -OCH3 is 1.